The van der Waals surface area contributed by atoms with Gasteiger partial charge in [-0.05, 0) is 91.7 Å². The first-order valence-corrected chi connectivity index (χ1v) is 20.4. The monoisotopic (exact) mass is 748 g/mol. The van der Waals surface area contributed by atoms with Gasteiger partial charge < -0.3 is 4.57 Å². The van der Waals surface area contributed by atoms with Gasteiger partial charge in [0.2, 0.25) is 0 Å². The first-order chi connectivity index (χ1) is 28.0. The zero-order valence-corrected chi connectivity index (χ0v) is 33.8. The molecule has 4 heteroatoms. The number of hydrogen-bond acceptors (Lipinski definition) is 3. The van der Waals surface area contributed by atoms with Crippen LogP contribution in [-0.2, 0) is 16.2 Å². The highest BCUT2D eigenvalue weighted by atomic mass is 15.0. The topological polar surface area (TPSA) is 43.6 Å². The molecule has 0 fully saturated rings. The molecule has 280 valence electrons. The summed E-state index contributed by atoms with van der Waals surface area (Å²) in [7, 11) is 0. The summed E-state index contributed by atoms with van der Waals surface area (Å²) in [6.07, 6.45) is 0. The highest BCUT2D eigenvalue weighted by Gasteiger charge is 2.46. The number of rotatable bonds is 4. The molecule has 4 nitrogen and oxygen atoms in total. The van der Waals surface area contributed by atoms with Gasteiger partial charge in [0, 0.05) is 38.6 Å². The third-order valence-corrected chi connectivity index (χ3v) is 13.8. The van der Waals surface area contributed by atoms with Gasteiger partial charge >= 0.3 is 0 Å². The summed E-state index contributed by atoms with van der Waals surface area (Å²) < 4.78 is 2.43. The van der Waals surface area contributed by atoms with Gasteiger partial charge in [-0.15, -0.1) is 0 Å². The third kappa shape index (κ3) is 4.84. The van der Waals surface area contributed by atoms with Crippen molar-refractivity contribution >= 4 is 21.8 Å². The average Bonchev–Trinajstić information content (AvgIpc) is 3.70. The average molecular weight is 749 g/mol. The van der Waals surface area contributed by atoms with Crippen LogP contribution in [0.5, 0.6) is 0 Å². The van der Waals surface area contributed by atoms with Crippen molar-refractivity contribution in [2.24, 2.45) is 0 Å². The predicted octanol–water partition coefficient (Wildman–Crippen LogP) is 13.5. The molecular weight excluding hydrogens is 705 g/mol. The fraction of sp³-hybridized carbons (Fsp3) is 0.167. The van der Waals surface area contributed by atoms with Crippen LogP contribution in [0.25, 0.3) is 83.9 Å². The molecule has 0 unspecified atom stereocenters. The number of hydrogen-bond donors (Lipinski definition) is 0. The molecule has 0 amide bonds. The molecule has 0 saturated heterocycles. The Morgan fingerprint density at radius 2 is 0.931 bits per heavy atom. The van der Waals surface area contributed by atoms with Crippen LogP contribution < -0.4 is 0 Å². The second-order valence-electron chi connectivity index (χ2n) is 17.7. The number of aromatic nitrogens is 4. The molecule has 7 aromatic carbocycles. The Morgan fingerprint density at radius 1 is 0.362 bits per heavy atom. The minimum Gasteiger partial charge on any atom is -0.309 e. The highest BCUT2D eigenvalue weighted by molar-refractivity contribution is 6.11. The van der Waals surface area contributed by atoms with Crippen LogP contribution in [0.3, 0.4) is 0 Å². The van der Waals surface area contributed by atoms with Gasteiger partial charge in [0.1, 0.15) is 0 Å². The quantitative estimate of drug-likeness (QED) is 0.180. The summed E-state index contributed by atoms with van der Waals surface area (Å²) in [6.45, 7) is 14.2. The molecular formula is C54H44N4. The van der Waals surface area contributed by atoms with Gasteiger partial charge in [-0.25, -0.2) is 15.0 Å². The Morgan fingerprint density at radius 3 is 1.69 bits per heavy atom. The standard InChI is InChI=1S/C54H44N4/c1-52(2)43-24-13-10-21-37(43)39-28-27-35(30-45(39)52)51-56-49(33-17-8-7-9-18-33)55-50(57-51)34-19-16-20-36(29-34)58-47-26-15-12-23-40(47)42-31-41-38-22-11-14-25-44(38)53(3,4)54(5,6)46(41)32-48(42)58/h7-32H,1-6H3. The van der Waals surface area contributed by atoms with Crippen LogP contribution in [0.4, 0.5) is 0 Å². The summed E-state index contributed by atoms with van der Waals surface area (Å²) in [5, 5.41) is 2.49. The first-order valence-electron chi connectivity index (χ1n) is 20.4. The lowest BCUT2D eigenvalue weighted by molar-refractivity contribution is 0.299. The second kappa shape index (κ2) is 12.2. The fourth-order valence-electron chi connectivity index (χ4n) is 9.95. The molecule has 11 rings (SSSR count). The van der Waals surface area contributed by atoms with E-state index < -0.39 is 0 Å². The maximum absolute atomic E-state index is 5.25. The van der Waals surface area contributed by atoms with E-state index in [4.69, 9.17) is 15.0 Å². The van der Waals surface area contributed by atoms with E-state index in [1.165, 1.54) is 66.3 Å². The molecule has 2 aromatic heterocycles. The molecule has 0 aliphatic heterocycles. The maximum atomic E-state index is 5.25. The molecule has 0 radical (unpaired) electrons. The van der Waals surface area contributed by atoms with Crippen molar-refractivity contribution in [3.63, 3.8) is 0 Å². The van der Waals surface area contributed by atoms with Crippen LogP contribution in [0.1, 0.15) is 63.8 Å². The van der Waals surface area contributed by atoms with Crippen molar-refractivity contribution in [3.05, 3.63) is 180 Å². The molecule has 0 N–H and O–H groups in total. The SMILES string of the molecule is CC1(C)c2ccccc2-c2ccc(-c3nc(-c4ccccc4)nc(-c4cccc(-n5c6ccccc6c6cc7c(cc65)C(C)(C)C(C)(C)c5ccccc5-7)c4)n3)cc21. The third-order valence-electron chi connectivity index (χ3n) is 13.8. The minimum absolute atomic E-state index is 0.0630. The van der Waals surface area contributed by atoms with Crippen molar-refractivity contribution in [3.8, 4) is 62.1 Å². The lowest BCUT2D eigenvalue weighted by Gasteiger charge is -2.48. The van der Waals surface area contributed by atoms with Gasteiger partial charge in [-0.2, -0.15) is 0 Å². The van der Waals surface area contributed by atoms with E-state index in [2.05, 4.69) is 186 Å². The van der Waals surface area contributed by atoms with Crippen LogP contribution in [0, 0.1) is 0 Å². The van der Waals surface area contributed by atoms with Crippen LogP contribution in [0.2, 0.25) is 0 Å². The van der Waals surface area contributed by atoms with Crippen molar-refractivity contribution in [1.29, 1.82) is 0 Å². The molecule has 2 aliphatic rings. The molecule has 0 bridgehead atoms. The van der Waals surface area contributed by atoms with E-state index in [0.29, 0.717) is 17.5 Å². The lowest BCUT2D eigenvalue weighted by Crippen LogP contribution is -2.43. The van der Waals surface area contributed by atoms with Gasteiger partial charge in [0.15, 0.2) is 17.5 Å². The fourth-order valence-corrected chi connectivity index (χ4v) is 9.95. The zero-order chi connectivity index (χ0) is 39.6. The maximum Gasteiger partial charge on any atom is 0.164 e. The molecule has 2 aliphatic carbocycles. The van der Waals surface area contributed by atoms with E-state index in [9.17, 15) is 0 Å². The van der Waals surface area contributed by atoms with Gasteiger partial charge in [0.05, 0.1) is 11.0 Å². The Bertz CT molecular complexity index is 3150. The number of benzene rings is 7. The lowest BCUT2D eigenvalue weighted by atomic mass is 9.55. The molecule has 9 aromatic rings. The predicted molar refractivity (Wildman–Crippen MR) is 240 cm³/mol. The number of para-hydroxylation sites is 1. The van der Waals surface area contributed by atoms with Gasteiger partial charge in [-0.1, -0.05) is 163 Å². The van der Waals surface area contributed by atoms with Crippen LogP contribution >= 0.6 is 0 Å². The molecule has 2 heterocycles. The summed E-state index contributed by atoms with van der Waals surface area (Å²) in [6, 6.07) is 57.1. The summed E-state index contributed by atoms with van der Waals surface area (Å²) in [5.41, 5.74) is 16.7. The largest absolute Gasteiger partial charge is 0.309 e. The van der Waals surface area contributed by atoms with E-state index in [0.717, 1.165) is 22.4 Å². The Kier molecular flexibility index (Phi) is 7.26. The second-order valence-corrected chi connectivity index (χ2v) is 17.7. The summed E-state index contributed by atoms with van der Waals surface area (Å²) in [5.74, 6) is 1.96. The Labute approximate surface area is 339 Å². The Balaban J connectivity index is 1.10. The van der Waals surface area contributed by atoms with Crippen molar-refractivity contribution in [2.45, 2.75) is 57.8 Å². The van der Waals surface area contributed by atoms with Crippen molar-refractivity contribution < 1.29 is 0 Å². The minimum atomic E-state index is -0.135. The summed E-state index contributed by atoms with van der Waals surface area (Å²) >= 11 is 0. The smallest absolute Gasteiger partial charge is 0.164 e. The zero-order valence-electron chi connectivity index (χ0n) is 33.8. The van der Waals surface area contributed by atoms with E-state index >= 15 is 0 Å². The van der Waals surface area contributed by atoms with Gasteiger partial charge in [-0.3, -0.25) is 0 Å². The molecule has 0 saturated carbocycles. The van der Waals surface area contributed by atoms with Crippen molar-refractivity contribution in [1.82, 2.24) is 19.5 Å². The van der Waals surface area contributed by atoms with E-state index in [-0.39, 0.29) is 16.2 Å². The van der Waals surface area contributed by atoms with Crippen LogP contribution in [-0.4, -0.2) is 19.5 Å². The number of fused-ring (bicyclic) bond motifs is 9. The van der Waals surface area contributed by atoms with E-state index in [1.54, 1.807) is 0 Å². The molecule has 0 spiro atoms. The molecule has 0 atom stereocenters. The Hall–Kier alpha value is -6.65. The normalized spacial score (nSPS) is 15.5. The molecule has 58 heavy (non-hydrogen) atoms. The highest BCUT2D eigenvalue weighted by Crippen LogP contribution is 2.55. The van der Waals surface area contributed by atoms with Crippen molar-refractivity contribution in [2.75, 3.05) is 0 Å². The van der Waals surface area contributed by atoms with Crippen LogP contribution in [0.15, 0.2) is 158 Å². The first kappa shape index (κ1) is 34.6. The van der Waals surface area contributed by atoms with Gasteiger partial charge in [0.25, 0.3) is 0 Å². The number of nitrogens with zero attached hydrogens (tertiary/aromatic N) is 4. The summed E-state index contributed by atoms with van der Waals surface area (Å²) in [4.78, 5) is 15.5. The van der Waals surface area contributed by atoms with E-state index in [1.807, 2.05) is 18.2 Å².